The molecule has 1 unspecified atom stereocenters. The predicted molar refractivity (Wildman–Crippen MR) is 62.3 cm³/mol. The Morgan fingerprint density at radius 1 is 1.41 bits per heavy atom. The van der Waals surface area contributed by atoms with E-state index in [2.05, 4.69) is 5.32 Å². The molecule has 0 saturated carbocycles. The molecule has 1 aromatic rings. The molecule has 0 amide bonds. The van der Waals surface area contributed by atoms with Crippen molar-refractivity contribution in [3.63, 3.8) is 0 Å². The maximum absolute atomic E-state index is 12.7. The number of carbonyl (C=O) groups is 1. The second-order valence-electron chi connectivity index (χ2n) is 4.27. The van der Waals surface area contributed by atoms with Gasteiger partial charge in [0, 0.05) is 25.4 Å². The molecule has 0 radical (unpaired) electrons. The molecule has 0 bridgehead atoms. The zero-order valence-corrected chi connectivity index (χ0v) is 9.62. The number of carbonyl (C=O) groups excluding carboxylic acids is 1. The van der Waals surface area contributed by atoms with Crippen LogP contribution in [0.15, 0.2) is 24.3 Å². The molecular formula is C13H16FNO2. The Labute approximate surface area is 100.0 Å². The number of halogens is 1. The van der Waals surface area contributed by atoms with Crippen LogP contribution in [0.4, 0.5) is 4.39 Å². The van der Waals surface area contributed by atoms with Gasteiger partial charge in [0.2, 0.25) is 0 Å². The molecule has 2 rings (SSSR count). The minimum atomic E-state index is -0.274. The number of ether oxygens (including phenoxy) is 1. The molecule has 92 valence electrons. The SMILES string of the molecule is O=C(Cc1ccc(F)cc1)CC1COCCN1. The number of Topliss-reactive ketones (excluding diaryl/α,β-unsaturated/α-hetero) is 1. The van der Waals surface area contributed by atoms with Crippen LogP contribution in [-0.4, -0.2) is 31.6 Å². The molecule has 1 fully saturated rings. The van der Waals surface area contributed by atoms with Crippen LogP contribution in [0.25, 0.3) is 0 Å². The van der Waals surface area contributed by atoms with Gasteiger partial charge in [-0.15, -0.1) is 0 Å². The Kier molecular flexibility index (Phi) is 4.23. The van der Waals surface area contributed by atoms with Gasteiger partial charge >= 0.3 is 0 Å². The summed E-state index contributed by atoms with van der Waals surface area (Å²) in [6.45, 7) is 2.10. The molecule has 3 nitrogen and oxygen atoms in total. The molecule has 0 aromatic heterocycles. The maximum Gasteiger partial charge on any atom is 0.138 e. The Morgan fingerprint density at radius 3 is 2.82 bits per heavy atom. The molecule has 1 atom stereocenters. The average Bonchev–Trinajstić information content (AvgIpc) is 2.33. The first-order valence-electron chi connectivity index (χ1n) is 5.81. The minimum Gasteiger partial charge on any atom is -0.379 e. The third kappa shape index (κ3) is 3.91. The van der Waals surface area contributed by atoms with Crippen LogP contribution in [0, 0.1) is 5.82 Å². The highest BCUT2D eigenvalue weighted by Crippen LogP contribution is 2.07. The van der Waals surface area contributed by atoms with E-state index in [1.165, 1.54) is 12.1 Å². The highest BCUT2D eigenvalue weighted by atomic mass is 19.1. The van der Waals surface area contributed by atoms with Gasteiger partial charge in [-0.3, -0.25) is 4.79 Å². The lowest BCUT2D eigenvalue weighted by molar-refractivity contribution is -0.119. The van der Waals surface area contributed by atoms with Crippen LogP contribution in [0.3, 0.4) is 0 Å². The van der Waals surface area contributed by atoms with E-state index in [9.17, 15) is 9.18 Å². The lowest BCUT2D eigenvalue weighted by Crippen LogP contribution is -2.42. The third-order valence-electron chi connectivity index (χ3n) is 2.79. The number of rotatable bonds is 4. The number of morpholine rings is 1. The smallest absolute Gasteiger partial charge is 0.138 e. The Hall–Kier alpha value is -1.26. The molecular weight excluding hydrogens is 221 g/mol. The van der Waals surface area contributed by atoms with E-state index in [1.54, 1.807) is 12.1 Å². The zero-order valence-electron chi connectivity index (χ0n) is 9.62. The van der Waals surface area contributed by atoms with Gasteiger partial charge in [-0.25, -0.2) is 4.39 Å². The van der Waals surface area contributed by atoms with E-state index in [0.717, 1.165) is 12.1 Å². The number of hydrogen-bond acceptors (Lipinski definition) is 3. The summed E-state index contributed by atoms with van der Waals surface area (Å²) < 4.78 is 18.0. The van der Waals surface area contributed by atoms with Crippen LogP contribution in [0.5, 0.6) is 0 Å². The molecule has 1 N–H and O–H groups in total. The normalized spacial score (nSPS) is 20.2. The molecule has 1 aliphatic heterocycles. The molecule has 1 aromatic carbocycles. The van der Waals surface area contributed by atoms with E-state index < -0.39 is 0 Å². The molecule has 1 saturated heterocycles. The Morgan fingerprint density at radius 2 is 2.18 bits per heavy atom. The molecule has 0 aliphatic carbocycles. The Balaban J connectivity index is 1.82. The van der Waals surface area contributed by atoms with Crippen molar-refractivity contribution < 1.29 is 13.9 Å². The lowest BCUT2D eigenvalue weighted by atomic mass is 10.0. The van der Waals surface area contributed by atoms with Gasteiger partial charge < -0.3 is 10.1 Å². The van der Waals surface area contributed by atoms with E-state index in [1.807, 2.05) is 0 Å². The minimum absolute atomic E-state index is 0.122. The highest BCUT2D eigenvalue weighted by molar-refractivity contribution is 5.81. The number of ketones is 1. The molecule has 4 heteroatoms. The fraction of sp³-hybridized carbons (Fsp3) is 0.462. The summed E-state index contributed by atoms with van der Waals surface area (Å²) in [4.78, 5) is 11.8. The number of nitrogens with one attached hydrogen (secondary N) is 1. The maximum atomic E-state index is 12.7. The van der Waals surface area contributed by atoms with E-state index in [0.29, 0.717) is 26.1 Å². The van der Waals surface area contributed by atoms with Crippen LogP contribution in [0.2, 0.25) is 0 Å². The van der Waals surface area contributed by atoms with Crippen LogP contribution in [-0.2, 0) is 16.0 Å². The fourth-order valence-corrected chi connectivity index (χ4v) is 1.93. The third-order valence-corrected chi connectivity index (χ3v) is 2.79. The monoisotopic (exact) mass is 237 g/mol. The largest absolute Gasteiger partial charge is 0.379 e. The molecule has 1 aliphatic rings. The molecule has 1 heterocycles. The number of benzene rings is 1. The van der Waals surface area contributed by atoms with E-state index in [4.69, 9.17) is 4.74 Å². The standard InChI is InChI=1S/C13H16FNO2/c14-11-3-1-10(2-4-11)7-13(16)8-12-9-17-6-5-15-12/h1-4,12,15H,5-9H2. The van der Waals surface area contributed by atoms with Crippen molar-refractivity contribution in [3.8, 4) is 0 Å². The highest BCUT2D eigenvalue weighted by Gasteiger charge is 2.16. The zero-order chi connectivity index (χ0) is 12.1. The van der Waals surface area contributed by atoms with Gasteiger partial charge in [-0.05, 0) is 17.7 Å². The topological polar surface area (TPSA) is 38.3 Å². The summed E-state index contributed by atoms with van der Waals surface area (Å²) in [5.74, 6) is -0.122. The fourth-order valence-electron chi connectivity index (χ4n) is 1.93. The first kappa shape index (κ1) is 12.2. The van der Waals surface area contributed by atoms with Crippen molar-refractivity contribution in [2.24, 2.45) is 0 Å². The second-order valence-corrected chi connectivity index (χ2v) is 4.27. The van der Waals surface area contributed by atoms with Crippen molar-refractivity contribution in [2.45, 2.75) is 18.9 Å². The summed E-state index contributed by atoms with van der Waals surface area (Å²) in [5.41, 5.74) is 0.855. The van der Waals surface area contributed by atoms with Crippen molar-refractivity contribution in [1.82, 2.24) is 5.32 Å². The van der Waals surface area contributed by atoms with E-state index in [-0.39, 0.29) is 17.6 Å². The van der Waals surface area contributed by atoms with Crippen LogP contribution < -0.4 is 5.32 Å². The summed E-state index contributed by atoms with van der Waals surface area (Å²) in [5, 5.41) is 3.24. The molecule has 17 heavy (non-hydrogen) atoms. The van der Waals surface area contributed by atoms with Crippen molar-refractivity contribution in [2.75, 3.05) is 19.8 Å². The van der Waals surface area contributed by atoms with Gasteiger partial charge in [0.15, 0.2) is 0 Å². The lowest BCUT2D eigenvalue weighted by Gasteiger charge is -2.23. The quantitative estimate of drug-likeness (QED) is 0.858. The van der Waals surface area contributed by atoms with Crippen molar-refractivity contribution in [1.29, 1.82) is 0 Å². The van der Waals surface area contributed by atoms with Gasteiger partial charge in [-0.1, -0.05) is 12.1 Å². The van der Waals surface area contributed by atoms with E-state index >= 15 is 0 Å². The summed E-state index contributed by atoms with van der Waals surface area (Å²) in [6.07, 6.45) is 0.829. The summed E-state index contributed by atoms with van der Waals surface area (Å²) in [7, 11) is 0. The van der Waals surface area contributed by atoms with Gasteiger partial charge in [-0.2, -0.15) is 0 Å². The Bertz CT molecular complexity index is 372. The predicted octanol–water partition coefficient (Wildman–Crippen LogP) is 1.32. The average molecular weight is 237 g/mol. The first-order valence-corrected chi connectivity index (χ1v) is 5.81. The van der Waals surface area contributed by atoms with Crippen molar-refractivity contribution >= 4 is 5.78 Å². The van der Waals surface area contributed by atoms with Crippen LogP contribution >= 0.6 is 0 Å². The van der Waals surface area contributed by atoms with Gasteiger partial charge in [0.05, 0.1) is 13.2 Å². The van der Waals surface area contributed by atoms with Gasteiger partial charge in [0.1, 0.15) is 11.6 Å². The summed E-state index contributed by atoms with van der Waals surface area (Å²) >= 11 is 0. The number of hydrogen-bond donors (Lipinski definition) is 1. The van der Waals surface area contributed by atoms with Crippen LogP contribution in [0.1, 0.15) is 12.0 Å². The van der Waals surface area contributed by atoms with Gasteiger partial charge in [0.25, 0.3) is 0 Å². The van der Waals surface area contributed by atoms with Crippen molar-refractivity contribution in [3.05, 3.63) is 35.6 Å². The second kappa shape index (κ2) is 5.89. The summed E-state index contributed by atoms with van der Waals surface area (Å²) in [6, 6.07) is 6.18. The molecule has 0 spiro atoms. The first-order chi connectivity index (χ1) is 8.24.